The Labute approximate surface area is 195 Å². The number of carbonyl (C=O) groups is 1. The Morgan fingerprint density at radius 3 is 2.36 bits per heavy atom. The maximum Gasteiger partial charge on any atom is 0.266 e. The van der Waals surface area contributed by atoms with Gasteiger partial charge >= 0.3 is 0 Å². The number of carbonyl (C=O) groups excluding carboxylic acids is 1. The normalized spacial score (nSPS) is 12.1. The maximum atomic E-state index is 13.7. The molecule has 3 aromatic rings. The molecule has 0 aliphatic heterocycles. The molecule has 1 unspecified atom stereocenters. The zero-order valence-corrected chi connectivity index (χ0v) is 19.9. The second-order valence-corrected chi connectivity index (χ2v) is 8.43. The molecule has 1 amide bonds. The standard InChI is InChI=1S/C27H34FN3O2/c1-4-7-11-19-30(25(32)14-8-5-2)24(6-3)26-29-23-13-10-9-12-22(23)27(33)31(26)21-17-15-20(28)16-18-21/h9-10,12-13,15-18,24H,4-8,11,14,19H2,1-3H3. The van der Waals surface area contributed by atoms with Crippen LogP contribution in [0.15, 0.2) is 53.3 Å². The lowest BCUT2D eigenvalue weighted by molar-refractivity contribution is -0.134. The molecule has 0 aliphatic carbocycles. The molecule has 1 aromatic heterocycles. The van der Waals surface area contributed by atoms with Crippen molar-refractivity contribution >= 4 is 16.8 Å². The Bertz CT molecular complexity index is 1120. The first kappa shape index (κ1) is 24.6. The molecule has 0 radical (unpaired) electrons. The van der Waals surface area contributed by atoms with E-state index in [4.69, 9.17) is 4.98 Å². The summed E-state index contributed by atoms with van der Waals surface area (Å²) < 4.78 is 15.2. The summed E-state index contributed by atoms with van der Waals surface area (Å²) in [6, 6.07) is 12.7. The van der Waals surface area contributed by atoms with Gasteiger partial charge in [0.15, 0.2) is 0 Å². The van der Waals surface area contributed by atoms with Gasteiger partial charge in [0.1, 0.15) is 11.6 Å². The molecule has 176 valence electrons. The lowest BCUT2D eigenvalue weighted by Gasteiger charge is -2.32. The molecule has 0 aliphatic rings. The van der Waals surface area contributed by atoms with E-state index in [0.717, 1.165) is 32.1 Å². The molecule has 1 atom stereocenters. The largest absolute Gasteiger partial charge is 0.333 e. The zero-order chi connectivity index (χ0) is 23.8. The van der Waals surface area contributed by atoms with Gasteiger partial charge in [-0.15, -0.1) is 0 Å². The molecular formula is C27H34FN3O2. The first-order chi connectivity index (χ1) is 16.0. The fourth-order valence-corrected chi connectivity index (χ4v) is 4.21. The van der Waals surface area contributed by atoms with Gasteiger partial charge in [-0.1, -0.05) is 52.2 Å². The highest BCUT2D eigenvalue weighted by molar-refractivity contribution is 5.79. The second kappa shape index (κ2) is 11.7. The Balaban J connectivity index is 2.19. The van der Waals surface area contributed by atoms with E-state index in [1.165, 1.54) is 12.1 Å². The Morgan fingerprint density at radius 2 is 1.70 bits per heavy atom. The van der Waals surface area contributed by atoms with Crippen molar-refractivity contribution in [3.63, 3.8) is 0 Å². The summed E-state index contributed by atoms with van der Waals surface area (Å²) in [5.41, 5.74) is 0.932. The van der Waals surface area contributed by atoms with Crippen molar-refractivity contribution < 1.29 is 9.18 Å². The molecule has 3 rings (SSSR count). The van der Waals surface area contributed by atoms with Gasteiger partial charge < -0.3 is 4.90 Å². The van der Waals surface area contributed by atoms with Gasteiger partial charge in [0.05, 0.1) is 22.6 Å². The highest BCUT2D eigenvalue weighted by atomic mass is 19.1. The van der Waals surface area contributed by atoms with Crippen molar-refractivity contribution in [1.29, 1.82) is 0 Å². The molecular weight excluding hydrogens is 417 g/mol. The predicted octanol–water partition coefficient (Wildman–Crippen LogP) is 6.18. The van der Waals surface area contributed by atoms with Gasteiger partial charge in [-0.25, -0.2) is 9.37 Å². The number of aromatic nitrogens is 2. The summed E-state index contributed by atoms with van der Waals surface area (Å²) >= 11 is 0. The number of hydrogen-bond donors (Lipinski definition) is 0. The first-order valence-electron chi connectivity index (χ1n) is 12.1. The number of halogens is 1. The van der Waals surface area contributed by atoms with Crippen LogP contribution < -0.4 is 5.56 Å². The van der Waals surface area contributed by atoms with Crippen LogP contribution >= 0.6 is 0 Å². The van der Waals surface area contributed by atoms with E-state index in [2.05, 4.69) is 13.8 Å². The number of benzene rings is 2. The van der Waals surface area contributed by atoms with Crippen LogP contribution in [0.3, 0.4) is 0 Å². The number of amides is 1. The van der Waals surface area contributed by atoms with Gasteiger partial charge in [-0.3, -0.25) is 14.2 Å². The molecule has 2 aromatic carbocycles. The molecule has 0 spiro atoms. The molecule has 0 saturated carbocycles. The van der Waals surface area contributed by atoms with Crippen LogP contribution in [0.2, 0.25) is 0 Å². The summed E-state index contributed by atoms with van der Waals surface area (Å²) in [5.74, 6) is 0.243. The fourth-order valence-electron chi connectivity index (χ4n) is 4.21. The maximum absolute atomic E-state index is 13.7. The summed E-state index contributed by atoms with van der Waals surface area (Å²) in [6.45, 7) is 6.85. The van der Waals surface area contributed by atoms with Crippen molar-refractivity contribution in [3.8, 4) is 5.69 Å². The zero-order valence-electron chi connectivity index (χ0n) is 19.9. The summed E-state index contributed by atoms with van der Waals surface area (Å²) in [6.07, 6.45) is 5.87. The fraction of sp³-hybridized carbons (Fsp3) is 0.444. The minimum atomic E-state index is -0.370. The van der Waals surface area contributed by atoms with E-state index >= 15 is 0 Å². The number of rotatable bonds is 11. The average Bonchev–Trinajstić information content (AvgIpc) is 2.83. The predicted molar refractivity (Wildman–Crippen MR) is 131 cm³/mol. The van der Waals surface area contributed by atoms with E-state index < -0.39 is 0 Å². The van der Waals surface area contributed by atoms with Gasteiger partial charge in [0.25, 0.3) is 5.56 Å². The van der Waals surface area contributed by atoms with Crippen LogP contribution in [0, 0.1) is 5.82 Å². The highest BCUT2D eigenvalue weighted by Gasteiger charge is 2.28. The van der Waals surface area contributed by atoms with Gasteiger partial charge in [0, 0.05) is 13.0 Å². The topological polar surface area (TPSA) is 55.2 Å². The van der Waals surface area contributed by atoms with Crippen LogP contribution in [0.1, 0.15) is 77.6 Å². The SMILES string of the molecule is CCCCCN(C(=O)CCCC)C(CC)c1nc2ccccc2c(=O)n1-c1ccc(F)cc1. The Morgan fingerprint density at radius 1 is 1.00 bits per heavy atom. The Kier molecular flexibility index (Phi) is 8.75. The average molecular weight is 452 g/mol. The number of hydrogen-bond acceptors (Lipinski definition) is 3. The molecule has 0 saturated heterocycles. The molecule has 1 heterocycles. The van der Waals surface area contributed by atoms with Gasteiger partial charge in [-0.05, 0) is 55.7 Å². The summed E-state index contributed by atoms with van der Waals surface area (Å²) in [7, 11) is 0. The molecule has 0 N–H and O–H groups in total. The Hall–Kier alpha value is -3.02. The highest BCUT2D eigenvalue weighted by Crippen LogP contribution is 2.27. The van der Waals surface area contributed by atoms with Crippen molar-refractivity contribution in [2.45, 2.75) is 71.8 Å². The van der Waals surface area contributed by atoms with Crippen molar-refractivity contribution in [1.82, 2.24) is 14.5 Å². The van der Waals surface area contributed by atoms with Crippen LogP contribution in [0.5, 0.6) is 0 Å². The van der Waals surface area contributed by atoms with E-state index in [1.54, 1.807) is 22.8 Å². The lowest BCUT2D eigenvalue weighted by Crippen LogP contribution is -2.39. The summed E-state index contributed by atoms with van der Waals surface area (Å²) in [5, 5.41) is 0.496. The minimum Gasteiger partial charge on any atom is -0.333 e. The minimum absolute atomic E-state index is 0.0906. The first-order valence-corrected chi connectivity index (χ1v) is 12.1. The van der Waals surface area contributed by atoms with Crippen LogP contribution in [0.4, 0.5) is 4.39 Å². The molecule has 5 nitrogen and oxygen atoms in total. The van der Waals surface area contributed by atoms with Crippen LogP contribution in [-0.4, -0.2) is 26.9 Å². The smallest absolute Gasteiger partial charge is 0.266 e. The lowest BCUT2D eigenvalue weighted by atomic mass is 10.1. The van der Waals surface area contributed by atoms with E-state index in [1.807, 2.05) is 30.0 Å². The van der Waals surface area contributed by atoms with Crippen molar-refractivity contribution in [2.75, 3.05) is 6.54 Å². The number of unbranched alkanes of at least 4 members (excludes halogenated alkanes) is 3. The van der Waals surface area contributed by atoms with Gasteiger partial charge in [-0.2, -0.15) is 0 Å². The molecule has 6 heteroatoms. The quantitative estimate of drug-likeness (QED) is 0.327. The third-order valence-corrected chi connectivity index (χ3v) is 6.01. The van der Waals surface area contributed by atoms with E-state index in [-0.39, 0.29) is 23.3 Å². The van der Waals surface area contributed by atoms with E-state index in [9.17, 15) is 14.0 Å². The summed E-state index contributed by atoms with van der Waals surface area (Å²) in [4.78, 5) is 33.7. The number of fused-ring (bicyclic) bond motifs is 1. The van der Waals surface area contributed by atoms with Gasteiger partial charge in [0.2, 0.25) is 5.91 Å². The van der Waals surface area contributed by atoms with Crippen molar-refractivity contribution in [3.05, 3.63) is 70.5 Å². The number of nitrogens with zero attached hydrogens (tertiary/aromatic N) is 3. The molecule has 0 bridgehead atoms. The second-order valence-electron chi connectivity index (χ2n) is 8.43. The van der Waals surface area contributed by atoms with Crippen LogP contribution in [0.25, 0.3) is 16.6 Å². The van der Waals surface area contributed by atoms with E-state index in [0.29, 0.717) is 41.8 Å². The molecule has 0 fully saturated rings. The molecule has 33 heavy (non-hydrogen) atoms. The number of para-hydroxylation sites is 1. The van der Waals surface area contributed by atoms with Crippen LogP contribution in [-0.2, 0) is 4.79 Å². The van der Waals surface area contributed by atoms with Crippen molar-refractivity contribution in [2.24, 2.45) is 0 Å². The third kappa shape index (κ3) is 5.67. The third-order valence-electron chi connectivity index (χ3n) is 6.01. The monoisotopic (exact) mass is 451 g/mol.